The molecule has 4 aliphatic rings. The number of carboxylic acids is 1. The number of aryl methyl sites for hydroxylation is 1. The van der Waals surface area contributed by atoms with Crippen LogP contribution in [0.2, 0.25) is 0 Å². The van der Waals surface area contributed by atoms with Crippen molar-refractivity contribution in [3.8, 4) is 5.69 Å². The van der Waals surface area contributed by atoms with Crippen LogP contribution >= 0.6 is 0 Å². The van der Waals surface area contributed by atoms with Gasteiger partial charge >= 0.3 is 18.2 Å². The molecule has 0 bridgehead atoms. The van der Waals surface area contributed by atoms with Gasteiger partial charge in [-0.1, -0.05) is 19.8 Å². The van der Waals surface area contributed by atoms with Gasteiger partial charge in [-0.25, -0.2) is 27.4 Å². The Balaban J connectivity index is 0.000000757. The number of amides is 2. The van der Waals surface area contributed by atoms with E-state index in [1.807, 2.05) is 23.6 Å². The Kier molecular flexibility index (Phi) is 12.9. The molecule has 4 heterocycles. The van der Waals surface area contributed by atoms with Crippen LogP contribution in [-0.4, -0.2) is 110 Å². The summed E-state index contributed by atoms with van der Waals surface area (Å²) in [6.07, 6.45) is 1.78. The van der Waals surface area contributed by atoms with Crippen molar-refractivity contribution >= 4 is 18.0 Å². The number of aromatic nitrogens is 2. The van der Waals surface area contributed by atoms with Crippen molar-refractivity contribution in [1.82, 2.24) is 24.5 Å². The first-order chi connectivity index (χ1) is 25.8. The molecule has 1 unspecified atom stereocenters. The number of likely N-dealkylation sites (tertiary alicyclic amines) is 2. The van der Waals surface area contributed by atoms with Crippen LogP contribution in [0.3, 0.4) is 0 Å². The van der Waals surface area contributed by atoms with Crippen LogP contribution in [-0.2, 0) is 9.53 Å². The van der Waals surface area contributed by atoms with Crippen molar-refractivity contribution in [2.45, 2.75) is 122 Å². The van der Waals surface area contributed by atoms with E-state index >= 15 is 0 Å². The Hall–Kier alpha value is -3.82. The van der Waals surface area contributed by atoms with Crippen LogP contribution in [0.15, 0.2) is 24.3 Å². The lowest BCUT2D eigenvalue weighted by molar-refractivity contribution is -0.192. The maximum atomic E-state index is 13.8. The van der Waals surface area contributed by atoms with Crippen LogP contribution in [0.5, 0.6) is 0 Å². The topological polar surface area (TPSA) is 108 Å². The zero-order valence-electron chi connectivity index (χ0n) is 32.1. The summed E-state index contributed by atoms with van der Waals surface area (Å²) in [5.74, 6) is -5.32. The van der Waals surface area contributed by atoms with E-state index in [1.54, 1.807) is 16.8 Å². The monoisotopic (exact) mass is 785 g/mol. The highest BCUT2D eigenvalue weighted by Gasteiger charge is 2.52. The van der Waals surface area contributed by atoms with Crippen LogP contribution in [0.25, 0.3) is 5.69 Å². The summed E-state index contributed by atoms with van der Waals surface area (Å²) < 4.78 is 80.8. The van der Waals surface area contributed by atoms with Gasteiger partial charge in [0.1, 0.15) is 11.4 Å². The number of nitrogens with zero attached hydrogens (tertiary/aromatic N) is 5. The third kappa shape index (κ3) is 9.77. The van der Waals surface area contributed by atoms with Gasteiger partial charge in [0.2, 0.25) is 5.92 Å². The van der Waals surface area contributed by atoms with E-state index in [0.717, 1.165) is 69.4 Å². The lowest BCUT2D eigenvalue weighted by Gasteiger charge is -2.55. The van der Waals surface area contributed by atoms with E-state index in [2.05, 4.69) is 23.8 Å². The quantitative estimate of drug-likeness (QED) is 0.269. The van der Waals surface area contributed by atoms with Gasteiger partial charge in [0, 0.05) is 76.4 Å². The number of aliphatic carboxylic acids is 1. The number of carboxylic acid groups (broad SMARTS) is 1. The highest BCUT2D eigenvalue weighted by Crippen LogP contribution is 2.44. The summed E-state index contributed by atoms with van der Waals surface area (Å²) in [5, 5.41) is 11.7. The number of alkyl halides is 5. The average Bonchev–Trinajstić information content (AvgIpc) is 3.43. The molecule has 16 heteroatoms. The number of ether oxygens (including phenoxy) is 1. The molecule has 1 N–H and O–H groups in total. The molecular formula is C39H53F6N5O5. The number of hydrogen-bond acceptors (Lipinski definition) is 6. The van der Waals surface area contributed by atoms with Gasteiger partial charge in [0.15, 0.2) is 0 Å². The van der Waals surface area contributed by atoms with Crippen LogP contribution in [0.1, 0.15) is 106 Å². The molecule has 3 aliphatic heterocycles. The van der Waals surface area contributed by atoms with Crippen molar-refractivity contribution in [3.63, 3.8) is 0 Å². The molecule has 10 nitrogen and oxygen atoms in total. The molecule has 1 aromatic heterocycles. The fourth-order valence-electron chi connectivity index (χ4n) is 8.76. The molecule has 2 aromatic rings. The fraction of sp³-hybridized carbons (Fsp3) is 0.692. The second-order valence-electron chi connectivity index (χ2n) is 16.0. The highest BCUT2D eigenvalue weighted by atomic mass is 19.4. The standard InChI is InChI=1S/C37H52F3N5O3.C2HF3O2/c1-5-6-7-29-25-43(24-28-12-14-37(39,40)15-13-28)34(47)48-36(29)18-22-44(23-19-36)35(4)16-20-42(21-17-35)33(46)32-26(2)41-45(27(32)3)31-10-8-30(38)9-11-31;3-2(4,5)1(6)7/h8-11,28-29H,5-7,12-25H2,1-4H3;(H,6,7). The van der Waals surface area contributed by atoms with E-state index in [9.17, 15) is 35.9 Å². The van der Waals surface area contributed by atoms with E-state index in [0.29, 0.717) is 50.3 Å². The smallest absolute Gasteiger partial charge is 0.475 e. The van der Waals surface area contributed by atoms with Gasteiger partial charge in [-0.2, -0.15) is 18.3 Å². The SMILES string of the molecule is CCCCC1CN(CC2CCC(F)(F)CC2)C(=O)OC12CCN(C1(C)CCN(C(=O)c3c(C)nn(-c4ccc(F)cc4)c3C)CC1)CC2.O=C(O)C(F)(F)F. The minimum absolute atomic E-state index is 0.0163. The summed E-state index contributed by atoms with van der Waals surface area (Å²) in [5.41, 5.74) is 2.19. The number of carbonyl (C=O) groups excluding carboxylic acids is 2. The summed E-state index contributed by atoms with van der Waals surface area (Å²) in [6.45, 7) is 12.3. The van der Waals surface area contributed by atoms with E-state index < -0.39 is 23.7 Å². The second-order valence-corrected chi connectivity index (χ2v) is 16.0. The van der Waals surface area contributed by atoms with Crippen molar-refractivity contribution in [2.24, 2.45) is 11.8 Å². The second kappa shape index (κ2) is 16.7. The zero-order valence-corrected chi connectivity index (χ0v) is 32.1. The number of carbonyl (C=O) groups is 3. The largest absolute Gasteiger partial charge is 0.490 e. The van der Waals surface area contributed by atoms with E-state index in [4.69, 9.17) is 14.6 Å². The molecule has 0 radical (unpaired) electrons. The van der Waals surface area contributed by atoms with E-state index in [1.165, 1.54) is 12.1 Å². The Morgan fingerprint density at radius 3 is 2.09 bits per heavy atom. The first-order valence-corrected chi connectivity index (χ1v) is 19.3. The van der Waals surface area contributed by atoms with Crippen molar-refractivity contribution < 1.29 is 50.6 Å². The van der Waals surface area contributed by atoms with Crippen LogP contribution in [0, 0.1) is 31.5 Å². The lowest BCUT2D eigenvalue weighted by Crippen LogP contribution is -2.64. The molecule has 6 rings (SSSR count). The molecule has 1 atom stereocenters. The van der Waals surface area contributed by atoms with Crippen molar-refractivity contribution in [2.75, 3.05) is 39.3 Å². The molecule has 1 saturated carbocycles. The number of hydrogen-bond donors (Lipinski definition) is 1. The maximum absolute atomic E-state index is 13.8. The molecule has 55 heavy (non-hydrogen) atoms. The first kappa shape index (κ1) is 42.3. The van der Waals surface area contributed by atoms with Crippen LogP contribution < -0.4 is 0 Å². The Morgan fingerprint density at radius 2 is 1.55 bits per heavy atom. The van der Waals surface area contributed by atoms with Gasteiger partial charge in [0.25, 0.3) is 5.91 Å². The highest BCUT2D eigenvalue weighted by molar-refractivity contribution is 5.96. The Labute approximate surface area is 318 Å². The number of rotatable bonds is 8. The summed E-state index contributed by atoms with van der Waals surface area (Å²) in [7, 11) is 0. The van der Waals surface area contributed by atoms with Crippen LogP contribution in [0.4, 0.5) is 31.1 Å². The van der Waals surface area contributed by atoms with E-state index in [-0.39, 0.29) is 48.0 Å². The number of unbranched alkanes of at least 4 members (excludes halogenated alkanes) is 1. The third-order valence-electron chi connectivity index (χ3n) is 12.3. The Bertz CT molecular complexity index is 1660. The van der Waals surface area contributed by atoms with Gasteiger partial charge in [-0.05, 0) is 83.1 Å². The summed E-state index contributed by atoms with van der Waals surface area (Å²) in [4.78, 5) is 42.3. The summed E-state index contributed by atoms with van der Waals surface area (Å²) in [6, 6.07) is 6.12. The predicted octanol–water partition coefficient (Wildman–Crippen LogP) is 8.17. The molecule has 2 amide bonds. The molecular weight excluding hydrogens is 732 g/mol. The lowest BCUT2D eigenvalue weighted by atomic mass is 9.74. The number of benzene rings is 1. The average molecular weight is 786 g/mol. The van der Waals surface area contributed by atoms with Gasteiger partial charge in [-0.3, -0.25) is 9.69 Å². The molecule has 4 fully saturated rings. The molecule has 1 aliphatic carbocycles. The fourth-order valence-corrected chi connectivity index (χ4v) is 8.76. The Morgan fingerprint density at radius 1 is 0.964 bits per heavy atom. The van der Waals surface area contributed by atoms with Gasteiger partial charge in [-0.15, -0.1) is 0 Å². The molecule has 1 aromatic carbocycles. The minimum atomic E-state index is -5.08. The molecule has 306 valence electrons. The number of piperidine rings is 2. The normalized spacial score (nSPS) is 22.9. The predicted molar refractivity (Wildman–Crippen MR) is 192 cm³/mol. The zero-order chi connectivity index (χ0) is 40.3. The van der Waals surface area contributed by atoms with Gasteiger partial charge in [0.05, 0.1) is 22.6 Å². The first-order valence-electron chi connectivity index (χ1n) is 19.3. The van der Waals surface area contributed by atoms with Crippen molar-refractivity contribution in [3.05, 3.63) is 47.0 Å². The maximum Gasteiger partial charge on any atom is 0.490 e. The number of halogens is 6. The molecule has 3 saturated heterocycles. The third-order valence-corrected chi connectivity index (χ3v) is 12.3. The van der Waals surface area contributed by atoms with Crippen molar-refractivity contribution in [1.29, 1.82) is 0 Å². The molecule has 1 spiro atoms. The van der Waals surface area contributed by atoms with Gasteiger partial charge < -0.3 is 19.6 Å². The summed E-state index contributed by atoms with van der Waals surface area (Å²) >= 11 is 0. The minimum Gasteiger partial charge on any atom is -0.475 e.